The Morgan fingerprint density at radius 3 is 3.00 bits per heavy atom. The zero-order chi connectivity index (χ0) is 13.2. The number of carbonyl (C=O) groups is 1. The molecule has 1 aliphatic rings. The second kappa shape index (κ2) is 5.41. The average molecular weight is 266 g/mol. The smallest absolute Gasteiger partial charge is 0.223 e. The molecule has 2 N–H and O–H groups in total. The fourth-order valence-corrected chi connectivity index (χ4v) is 3.16. The maximum Gasteiger partial charge on any atom is 0.223 e. The number of nitrogens with two attached hydrogens (primary N) is 1. The summed E-state index contributed by atoms with van der Waals surface area (Å²) in [5.74, 6) is 0.252. The Labute approximate surface area is 113 Å². The largest absolute Gasteiger partial charge is 0.336 e. The minimum atomic E-state index is -0.257. The number of carbonyl (C=O) groups excluding carboxylic acids is 1. The molecule has 3 nitrogen and oxygen atoms in total. The van der Waals surface area contributed by atoms with Crippen LogP contribution in [0.15, 0.2) is 16.8 Å². The van der Waals surface area contributed by atoms with E-state index in [0.717, 1.165) is 25.8 Å². The number of rotatable bonds is 4. The van der Waals surface area contributed by atoms with Crippen LogP contribution in [0, 0.1) is 0 Å². The highest BCUT2D eigenvalue weighted by atomic mass is 32.1. The van der Waals surface area contributed by atoms with E-state index in [0.29, 0.717) is 12.5 Å². The molecule has 1 fully saturated rings. The van der Waals surface area contributed by atoms with Crippen molar-refractivity contribution in [3.8, 4) is 0 Å². The van der Waals surface area contributed by atoms with Gasteiger partial charge in [0.15, 0.2) is 0 Å². The number of hydrogen-bond acceptors (Lipinski definition) is 3. The predicted molar refractivity (Wildman–Crippen MR) is 75.5 cm³/mol. The summed E-state index contributed by atoms with van der Waals surface area (Å²) < 4.78 is 0. The first-order valence-corrected chi connectivity index (χ1v) is 7.52. The first-order chi connectivity index (χ1) is 8.47. The second-order valence-electron chi connectivity index (χ2n) is 5.79. The topological polar surface area (TPSA) is 46.3 Å². The fraction of sp³-hybridized carbons (Fsp3) is 0.643. The minimum Gasteiger partial charge on any atom is -0.336 e. The maximum absolute atomic E-state index is 12.3. The number of amides is 1. The van der Waals surface area contributed by atoms with Gasteiger partial charge in [-0.3, -0.25) is 4.79 Å². The van der Waals surface area contributed by atoms with Crippen molar-refractivity contribution in [1.29, 1.82) is 0 Å². The molecule has 0 saturated carbocycles. The number of nitrogens with zero attached hydrogens (tertiary/aromatic N) is 1. The van der Waals surface area contributed by atoms with Crippen LogP contribution in [0.3, 0.4) is 0 Å². The molecule has 1 aromatic rings. The Hall–Kier alpha value is -0.870. The van der Waals surface area contributed by atoms with Crippen LogP contribution in [0.5, 0.6) is 0 Å². The first-order valence-electron chi connectivity index (χ1n) is 6.58. The lowest BCUT2D eigenvalue weighted by Crippen LogP contribution is -2.36. The van der Waals surface area contributed by atoms with E-state index in [4.69, 9.17) is 5.73 Å². The van der Waals surface area contributed by atoms with Gasteiger partial charge in [-0.25, -0.2) is 0 Å². The lowest BCUT2D eigenvalue weighted by Gasteiger charge is -2.26. The van der Waals surface area contributed by atoms with Crippen molar-refractivity contribution in [2.75, 3.05) is 6.54 Å². The van der Waals surface area contributed by atoms with Crippen LogP contribution >= 0.6 is 11.3 Å². The lowest BCUT2D eigenvalue weighted by atomic mass is 9.99. The molecular formula is C14H22N2OS. The molecule has 0 spiro atoms. The Balaban J connectivity index is 1.97. The van der Waals surface area contributed by atoms with Gasteiger partial charge < -0.3 is 10.6 Å². The van der Waals surface area contributed by atoms with Crippen LogP contribution in [0.4, 0.5) is 0 Å². The molecule has 1 unspecified atom stereocenters. The molecule has 100 valence electrons. The molecule has 1 atom stereocenters. The van der Waals surface area contributed by atoms with E-state index in [-0.39, 0.29) is 11.4 Å². The number of likely N-dealkylation sites (tertiary alicyclic amines) is 1. The summed E-state index contributed by atoms with van der Waals surface area (Å²) >= 11 is 1.70. The van der Waals surface area contributed by atoms with Crippen molar-refractivity contribution < 1.29 is 4.79 Å². The Bertz CT molecular complexity index is 394. The molecule has 2 heterocycles. The summed E-state index contributed by atoms with van der Waals surface area (Å²) in [5, 5.41) is 4.24. The maximum atomic E-state index is 12.3. The molecule has 18 heavy (non-hydrogen) atoms. The van der Waals surface area contributed by atoms with E-state index < -0.39 is 0 Å². The van der Waals surface area contributed by atoms with Crippen LogP contribution in [0.2, 0.25) is 0 Å². The summed E-state index contributed by atoms with van der Waals surface area (Å²) in [7, 11) is 0. The molecule has 1 aliphatic heterocycles. The SMILES string of the molecule is CC(C)(N)CCC(=O)N1CCCC1c1ccsc1. The van der Waals surface area contributed by atoms with Crippen LogP contribution in [0.1, 0.15) is 51.1 Å². The molecule has 0 aliphatic carbocycles. The van der Waals surface area contributed by atoms with Crippen molar-refractivity contribution in [2.24, 2.45) is 5.73 Å². The number of hydrogen-bond donors (Lipinski definition) is 1. The molecule has 0 radical (unpaired) electrons. The lowest BCUT2D eigenvalue weighted by molar-refractivity contribution is -0.132. The van der Waals surface area contributed by atoms with Crippen LogP contribution in [-0.2, 0) is 4.79 Å². The van der Waals surface area contributed by atoms with Crippen molar-refractivity contribution in [1.82, 2.24) is 4.90 Å². The summed E-state index contributed by atoms with van der Waals surface area (Å²) in [6, 6.07) is 2.43. The van der Waals surface area contributed by atoms with Gasteiger partial charge >= 0.3 is 0 Å². The molecule has 1 saturated heterocycles. The van der Waals surface area contributed by atoms with Crippen LogP contribution in [0.25, 0.3) is 0 Å². The Kier molecular flexibility index (Phi) is 4.07. The van der Waals surface area contributed by atoms with Crippen LogP contribution in [-0.4, -0.2) is 22.9 Å². The van der Waals surface area contributed by atoms with Gasteiger partial charge in [0.1, 0.15) is 0 Å². The standard InChI is InChI=1S/C14H22N2OS/c1-14(2,15)7-5-13(17)16-8-3-4-12(16)11-6-9-18-10-11/h6,9-10,12H,3-5,7-8,15H2,1-2H3. The van der Waals surface area contributed by atoms with Gasteiger partial charge in [0.2, 0.25) is 5.91 Å². The summed E-state index contributed by atoms with van der Waals surface area (Å²) in [6.45, 7) is 4.84. The van der Waals surface area contributed by atoms with Gasteiger partial charge in [-0.1, -0.05) is 0 Å². The second-order valence-corrected chi connectivity index (χ2v) is 6.57. The van der Waals surface area contributed by atoms with Gasteiger partial charge in [0, 0.05) is 18.5 Å². The van der Waals surface area contributed by atoms with Gasteiger partial charge in [-0.05, 0) is 55.5 Å². The summed E-state index contributed by atoms with van der Waals surface area (Å²) in [5.41, 5.74) is 6.98. The molecule has 1 amide bonds. The van der Waals surface area contributed by atoms with Crippen molar-refractivity contribution in [3.63, 3.8) is 0 Å². The van der Waals surface area contributed by atoms with Crippen molar-refractivity contribution in [3.05, 3.63) is 22.4 Å². The summed E-state index contributed by atoms with van der Waals surface area (Å²) in [6.07, 6.45) is 3.51. The zero-order valence-corrected chi connectivity index (χ0v) is 12.0. The highest BCUT2D eigenvalue weighted by Crippen LogP contribution is 2.33. The normalized spacial score (nSPS) is 20.4. The van der Waals surface area contributed by atoms with Crippen molar-refractivity contribution >= 4 is 17.2 Å². The molecule has 1 aromatic heterocycles. The van der Waals surface area contributed by atoms with Gasteiger partial charge in [-0.2, -0.15) is 11.3 Å². The number of thiophene rings is 1. The Morgan fingerprint density at radius 1 is 1.61 bits per heavy atom. The van der Waals surface area contributed by atoms with Gasteiger partial charge in [-0.15, -0.1) is 0 Å². The van der Waals surface area contributed by atoms with Gasteiger partial charge in [0.25, 0.3) is 0 Å². The van der Waals surface area contributed by atoms with E-state index >= 15 is 0 Å². The van der Waals surface area contributed by atoms with Gasteiger partial charge in [0.05, 0.1) is 6.04 Å². The first kappa shape index (κ1) is 13.6. The average Bonchev–Trinajstić information content (AvgIpc) is 2.94. The third-order valence-electron chi connectivity index (χ3n) is 3.48. The van der Waals surface area contributed by atoms with E-state index in [1.807, 2.05) is 18.7 Å². The van der Waals surface area contributed by atoms with E-state index in [2.05, 4.69) is 16.8 Å². The molecule has 0 bridgehead atoms. The molecule has 2 rings (SSSR count). The quantitative estimate of drug-likeness (QED) is 0.910. The minimum absolute atomic E-state index is 0.252. The monoisotopic (exact) mass is 266 g/mol. The Morgan fingerprint density at radius 2 is 2.39 bits per heavy atom. The molecular weight excluding hydrogens is 244 g/mol. The third-order valence-corrected chi connectivity index (χ3v) is 4.19. The molecule has 0 aromatic carbocycles. The van der Waals surface area contributed by atoms with E-state index in [1.54, 1.807) is 11.3 Å². The van der Waals surface area contributed by atoms with Crippen molar-refractivity contribution in [2.45, 2.75) is 51.1 Å². The fourth-order valence-electron chi connectivity index (χ4n) is 2.45. The van der Waals surface area contributed by atoms with E-state index in [9.17, 15) is 4.79 Å². The predicted octanol–water partition coefficient (Wildman–Crippen LogP) is 2.93. The molecule has 4 heteroatoms. The van der Waals surface area contributed by atoms with Crippen LogP contribution < -0.4 is 5.73 Å². The van der Waals surface area contributed by atoms with E-state index in [1.165, 1.54) is 5.56 Å². The highest BCUT2D eigenvalue weighted by molar-refractivity contribution is 7.07. The summed E-state index contributed by atoms with van der Waals surface area (Å²) in [4.78, 5) is 14.3. The zero-order valence-electron chi connectivity index (χ0n) is 11.2. The highest BCUT2D eigenvalue weighted by Gasteiger charge is 2.30. The third kappa shape index (κ3) is 3.33.